The van der Waals surface area contributed by atoms with E-state index < -0.39 is 0 Å². The van der Waals surface area contributed by atoms with Crippen molar-refractivity contribution in [2.24, 2.45) is 4.99 Å². The molecule has 2 aromatic rings. The van der Waals surface area contributed by atoms with Gasteiger partial charge in [-0.25, -0.2) is 0 Å². The summed E-state index contributed by atoms with van der Waals surface area (Å²) < 4.78 is 5.07. The Balaban J connectivity index is 2.34. The Bertz CT molecular complexity index is 680. The Morgan fingerprint density at radius 3 is 2.68 bits per heavy atom. The number of ether oxygens (including phenoxy) is 1. The van der Waals surface area contributed by atoms with Gasteiger partial charge in [-0.3, -0.25) is 4.99 Å². The second-order valence-electron chi connectivity index (χ2n) is 5.21. The van der Waals surface area contributed by atoms with Crippen LogP contribution in [0.3, 0.4) is 0 Å². The molecule has 2 rings (SSSR count). The number of rotatable bonds is 5. The molecule has 0 saturated heterocycles. The number of nitrogens with zero attached hydrogens (tertiary/aromatic N) is 1. The second-order valence-corrected chi connectivity index (χ2v) is 5.21. The standard InChI is InChI=1S/C18H21NO3/c1-4-12(2)13-8-9-16(20)15(10-13)19-11-14-6-5-7-17(22-3)18(14)21/h5-12,20-21H,4H2,1-3H3. The van der Waals surface area contributed by atoms with E-state index in [9.17, 15) is 10.2 Å². The van der Waals surface area contributed by atoms with Crippen molar-refractivity contribution in [1.82, 2.24) is 0 Å². The molecule has 22 heavy (non-hydrogen) atoms. The van der Waals surface area contributed by atoms with Crippen molar-refractivity contribution in [2.45, 2.75) is 26.2 Å². The number of hydrogen-bond acceptors (Lipinski definition) is 4. The maximum atomic E-state index is 10.0. The van der Waals surface area contributed by atoms with Crippen LogP contribution in [0.2, 0.25) is 0 Å². The third kappa shape index (κ3) is 3.39. The molecular weight excluding hydrogens is 278 g/mol. The van der Waals surface area contributed by atoms with Crippen LogP contribution in [0, 0.1) is 0 Å². The fraction of sp³-hybridized carbons (Fsp3) is 0.278. The minimum atomic E-state index is 0.0336. The Hall–Kier alpha value is -2.49. The number of para-hydroxylation sites is 1. The molecule has 0 aliphatic heterocycles. The fourth-order valence-corrected chi connectivity index (χ4v) is 2.13. The lowest BCUT2D eigenvalue weighted by Crippen LogP contribution is -1.91. The van der Waals surface area contributed by atoms with E-state index in [2.05, 4.69) is 18.8 Å². The molecule has 4 nitrogen and oxygen atoms in total. The summed E-state index contributed by atoms with van der Waals surface area (Å²) in [5, 5.41) is 20.0. The molecule has 2 N–H and O–H groups in total. The van der Waals surface area contributed by atoms with Gasteiger partial charge in [0.25, 0.3) is 0 Å². The summed E-state index contributed by atoms with van der Waals surface area (Å²) in [6, 6.07) is 10.6. The minimum Gasteiger partial charge on any atom is -0.506 e. The van der Waals surface area contributed by atoms with Crippen LogP contribution in [0.4, 0.5) is 5.69 Å². The summed E-state index contributed by atoms with van der Waals surface area (Å²) in [7, 11) is 1.50. The highest BCUT2D eigenvalue weighted by Gasteiger charge is 2.08. The molecule has 1 unspecified atom stereocenters. The van der Waals surface area contributed by atoms with Crippen molar-refractivity contribution in [3.63, 3.8) is 0 Å². The van der Waals surface area contributed by atoms with Crippen LogP contribution in [-0.4, -0.2) is 23.5 Å². The number of aliphatic imine (C=N–C) groups is 1. The maximum Gasteiger partial charge on any atom is 0.166 e. The lowest BCUT2D eigenvalue weighted by molar-refractivity contribution is 0.373. The third-order valence-electron chi connectivity index (χ3n) is 3.77. The largest absolute Gasteiger partial charge is 0.506 e. The first kappa shape index (κ1) is 15.9. The zero-order valence-electron chi connectivity index (χ0n) is 13.1. The summed E-state index contributed by atoms with van der Waals surface area (Å²) >= 11 is 0. The van der Waals surface area contributed by atoms with Crippen LogP contribution in [0.15, 0.2) is 41.4 Å². The fourth-order valence-electron chi connectivity index (χ4n) is 2.13. The predicted molar refractivity (Wildman–Crippen MR) is 88.7 cm³/mol. The predicted octanol–water partition coefficient (Wildman–Crippen LogP) is 4.37. The number of phenolic OH excluding ortho intramolecular Hbond substituents is 2. The Morgan fingerprint density at radius 1 is 1.23 bits per heavy atom. The van der Waals surface area contributed by atoms with Gasteiger partial charge in [-0.1, -0.05) is 26.0 Å². The SMILES string of the molecule is CCC(C)c1ccc(O)c(N=Cc2cccc(OC)c2O)c1. The zero-order valence-corrected chi connectivity index (χ0v) is 13.1. The van der Waals surface area contributed by atoms with Crippen LogP contribution < -0.4 is 4.74 Å². The monoisotopic (exact) mass is 299 g/mol. The molecule has 1 atom stereocenters. The van der Waals surface area contributed by atoms with E-state index in [0.29, 0.717) is 22.9 Å². The molecule has 116 valence electrons. The molecule has 0 amide bonds. The van der Waals surface area contributed by atoms with Gasteiger partial charge < -0.3 is 14.9 Å². The topological polar surface area (TPSA) is 62.1 Å². The van der Waals surface area contributed by atoms with Gasteiger partial charge in [0.1, 0.15) is 11.4 Å². The lowest BCUT2D eigenvalue weighted by Gasteiger charge is -2.10. The normalized spacial score (nSPS) is 12.5. The molecule has 0 spiro atoms. The van der Waals surface area contributed by atoms with E-state index in [1.54, 1.807) is 24.3 Å². The van der Waals surface area contributed by atoms with E-state index >= 15 is 0 Å². The second kappa shape index (κ2) is 6.98. The smallest absolute Gasteiger partial charge is 0.166 e. The van der Waals surface area contributed by atoms with E-state index in [1.807, 2.05) is 12.1 Å². The average molecular weight is 299 g/mol. The third-order valence-corrected chi connectivity index (χ3v) is 3.77. The van der Waals surface area contributed by atoms with Gasteiger partial charge in [0.05, 0.1) is 7.11 Å². The Morgan fingerprint density at radius 2 is 2.00 bits per heavy atom. The van der Waals surface area contributed by atoms with Crippen LogP contribution in [0.5, 0.6) is 17.2 Å². The van der Waals surface area contributed by atoms with Crippen molar-refractivity contribution in [3.8, 4) is 17.2 Å². The van der Waals surface area contributed by atoms with E-state index in [1.165, 1.54) is 13.3 Å². The zero-order chi connectivity index (χ0) is 16.1. The molecule has 0 bridgehead atoms. The molecule has 2 aromatic carbocycles. The Labute approximate surface area is 130 Å². The first-order chi connectivity index (χ1) is 10.6. The highest BCUT2D eigenvalue weighted by Crippen LogP contribution is 2.32. The van der Waals surface area contributed by atoms with Crippen LogP contribution in [-0.2, 0) is 0 Å². The average Bonchev–Trinajstić information content (AvgIpc) is 2.54. The molecule has 0 aromatic heterocycles. The van der Waals surface area contributed by atoms with Gasteiger partial charge in [0.2, 0.25) is 0 Å². The highest BCUT2D eigenvalue weighted by atomic mass is 16.5. The van der Waals surface area contributed by atoms with Crippen molar-refractivity contribution in [3.05, 3.63) is 47.5 Å². The van der Waals surface area contributed by atoms with Crippen LogP contribution >= 0.6 is 0 Å². The van der Waals surface area contributed by atoms with Gasteiger partial charge in [0.15, 0.2) is 11.5 Å². The van der Waals surface area contributed by atoms with Gasteiger partial charge in [-0.2, -0.15) is 0 Å². The number of aromatic hydroxyl groups is 2. The number of benzene rings is 2. The van der Waals surface area contributed by atoms with E-state index in [4.69, 9.17) is 4.74 Å². The van der Waals surface area contributed by atoms with Gasteiger partial charge >= 0.3 is 0 Å². The van der Waals surface area contributed by atoms with Gasteiger partial charge in [-0.05, 0) is 42.2 Å². The van der Waals surface area contributed by atoms with Gasteiger partial charge in [-0.15, -0.1) is 0 Å². The van der Waals surface area contributed by atoms with Crippen LogP contribution in [0.1, 0.15) is 37.3 Å². The van der Waals surface area contributed by atoms with Crippen molar-refractivity contribution in [1.29, 1.82) is 0 Å². The minimum absolute atomic E-state index is 0.0336. The molecule has 4 heteroatoms. The van der Waals surface area contributed by atoms with Crippen molar-refractivity contribution < 1.29 is 14.9 Å². The summed E-state index contributed by atoms with van der Waals surface area (Å²) in [6.45, 7) is 4.25. The number of methoxy groups -OCH3 is 1. The van der Waals surface area contributed by atoms with Crippen molar-refractivity contribution in [2.75, 3.05) is 7.11 Å². The van der Waals surface area contributed by atoms with Crippen LogP contribution in [0.25, 0.3) is 0 Å². The molecule has 0 radical (unpaired) electrons. The maximum absolute atomic E-state index is 10.0. The molecule has 0 heterocycles. The first-order valence-electron chi connectivity index (χ1n) is 7.29. The molecule has 0 fully saturated rings. The van der Waals surface area contributed by atoms with E-state index in [0.717, 1.165) is 12.0 Å². The molecule has 0 aliphatic carbocycles. The molecule has 0 aliphatic rings. The highest BCUT2D eigenvalue weighted by molar-refractivity contribution is 5.87. The summed E-state index contributed by atoms with van der Waals surface area (Å²) in [5.41, 5.74) is 2.15. The summed E-state index contributed by atoms with van der Waals surface area (Å²) in [5.74, 6) is 0.943. The first-order valence-corrected chi connectivity index (χ1v) is 7.29. The molecular formula is C18H21NO3. The Kier molecular flexibility index (Phi) is 5.04. The number of phenols is 2. The molecule has 0 saturated carbocycles. The quantitative estimate of drug-likeness (QED) is 0.806. The number of hydrogen-bond donors (Lipinski definition) is 2. The summed E-state index contributed by atoms with van der Waals surface area (Å²) in [6.07, 6.45) is 2.54. The van der Waals surface area contributed by atoms with Crippen molar-refractivity contribution >= 4 is 11.9 Å². The summed E-state index contributed by atoms with van der Waals surface area (Å²) in [4.78, 5) is 4.30. The van der Waals surface area contributed by atoms with Gasteiger partial charge in [0, 0.05) is 11.8 Å². The van der Waals surface area contributed by atoms with E-state index in [-0.39, 0.29) is 11.5 Å². The lowest BCUT2D eigenvalue weighted by atomic mass is 9.98.